The Labute approximate surface area is 136 Å². The van der Waals surface area contributed by atoms with Gasteiger partial charge in [0, 0.05) is 21.8 Å². The molecule has 2 rings (SSSR count). The smallest absolute Gasteiger partial charge is 0.0677 e. The Hall–Kier alpha value is -1.03. The molecule has 0 aliphatic heterocycles. The van der Waals surface area contributed by atoms with E-state index in [-0.39, 0.29) is 6.04 Å². The van der Waals surface area contributed by atoms with Gasteiger partial charge in [-0.15, -0.1) is 0 Å². The topological polar surface area (TPSA) is 43.8 Å². The summed E-state index contributed by atoms with van der Waals surface area (Å²) in [6, 6.07) is 5.67. The molecule has 1 heterocycles. The number of aryl methyl sites for hydroxylation is 1. The van der Waals surface area contributed by atoms with Crippen LogP contribution in [0.4, 0.5) is 0 Å². The van der Waals surface area contributed by atoms with Crippen LogP contribution in [0.1, 0.15) is 35.9 Å². The fourth-order valence-corrected chi connectivity index (χ4v) is 2.79. The van der Waals surface area contributed by atoms with Crippen LogP contribution in [0.2, 0.25) is 10.0 Å². The zero-order chi connectivity index (χ0) is 15.6. The fraction of sp³-hybridized carbons (Fsp3) is 0.438. The molecule has 2 aromatic rings. The zero-order valence-electron chi connectivity index (χ0n) is 12.7. The Morgan fingerprint density at radius 2 is 2.00 bits per heavy atom. The van der Waals surface area contributed by atoms with Crippen LogP contribution in [0.5, 0.6) is 0 Å². The first kappa shape index (κ1) is 16.3. The maximum Gasteiger partial charge on any atom is 0.0677 e. The highest BCUT2D eigenvalue weighted by Gasteiger charge is 2.15. The highest BCUT2D eigenvalue weighted by atomic mass is 35.5. The zero-order valence-corrected chi connectivity index (χ0v) is 14.2. The molecule has 0 bridgehead atoms. The molecule has 0 saturated carbocycles. The summed E-state index contributed by atoms with van der Waals surface area (Å²) >= 11 is 12.3. The van der Waals surface area contributed by atoms with Gasteiger partial charge in [-0.3, -0.25) is 4.68 Å². The monoisotopic (exact) mass is 325 g/mol. The quantitative estimate of drug-likeness (QED) is 0.897. The summed E-state index contributed by atoms with van der Waals surface area (Å²) in [4.78, 5) is 0. The van der Waals surface area contributed by atoms with Gasteiger partial charge in [0.1, 0.15) is 0 Å². The Morgan fingerprint density at radius 1 is 1.29 bits per heavy atom. The predicted octanol–water partition coefficient (Wildman–Crippen LogP) is 4.13. The molecule has 1 atom stereocenters. The van der Waals surface area contributed by atoms with E-state index in [0.717, 1.165) is 29.8 Å². The van der Waals surface area contributed by atoms with Gasteiger partial charge in [0.2, 0.25) is 0 Å². The van der Waals surface area contributed by atoms with E-state index in [1.54, 1.807) is 6.07 Å². The lowest BCUT2D eigenvalue weighted by Crippen LogP contribution is -2.22. The van der Waals surface area contributed by atoms with E-state index in [2.05, 4.69) is 18.9 Å². The van der Waals surface area contributed by atoms with Crippen molar-refractivity contribution in [1.29, 1.82) is 0 Å². The molecule has 1 unspecified atom stereocenters. The largest absolute Gasteiger partial charge is 0.327 e. The first-order chi connectivity index (χ1) is 9.92. The molecule has 0 fully saturated rings. The van der Waals surface area contributed by atoms with Crippen LogP contribution in [0, 0.1) is 13.8 Å². The third-order valence-electron chi connectivity index (χ3n) is 3.85. The molecule has 3 nitrogen and oxygen atoms in total. The van der Waals surface area contributed by atoms with Crippen molar-refractivity contribution < 1.29 is 0 Å². The Balaban J connectivity index is 2.29. The van der Waals surface area contributed by atoms with Gasteiger partial charge >= 0.3 is 0 Å². The lowest BCUT2D eigenvalue weighted by molar-refractivity contribution is 0.636. The lowest BCUT2D eigenvalue weighted by atomic mass is 10.0. The van der Waals surface area contributed by atoms with Crippen molar-refractivity contribution in [3.63, 3.8) is 0 Å². The van der Waals surface area contributed by atoms with Crippen LogP contribution in [-0.4, -0.2) is 15.8 Å². The number of rotatable bonds is 5. The Morgan fingerprint density at radius 3 is 2.67 bits per heavy atom. The first-order valence-corrected chi connectivity index (χ1v) is 7.90. The SMILES string of the molecule is CCC(N)Cc1c(C)nn(Cc2cc(Cl)ccc2Cl)c1C. The second-order valence-corrected chi connectivity index (χ2v) is 6.26. The van der Waals surface area contributed by atoms with Crippen molar-refractivity contribution in [3.05, 3.63) is 50.8 Å². The van der Waals surface area contributed by atoms with E-state index in [0.29, 0.717) is 16.6 Å². The third-order valence-corrected chi connectivity index (χ3v) is 4.45. The van der Waals surface area contributed by atoms with Crippen molar-refractivity contribution >= 4 is 23.2 Å². The molecule has 0 radical (unpaired) electrons. The van der Waals surface area contributed by atoms with Gasteiger partial charge in [-0.1, -0.05) is 30.1 Å². The molecular weight excluding hydrogens is 305 g/mol. The molecule has 0 aliphatic carbocycles. The minimum absolute atomic E-state index is 0.176. The van der Waals surface area contributed by atoms with Crippen molar-refractivity contribution in [2.24, 2.45) is 5.73 Å². The minimum Gasteiger partial charge on any atom is -0.327 e. The number of halogens is 2. The van der Waals surface area contributed by atoms with Crippen LogP contribution in [-0.2, 0) is 13.0 Å². The van der Waals surface area contributed by atoms with Crippen LogP contribution in [0.25, 0.3) is 0 Å². The third kappa shape index (κ3) is 3.79. The van der Waals surface area contributed by atoms with E-state index >= 15 is 0 Å². The fourth-order valence-electron chi connectivity index (χ4n) is 2.42. The molecule has 114 valence electrons. The molecule has 0 aliphatic rings. The summed E-state index contributed by atoms with van der Waals surface area (Å²) in [5.74, 6) is 0. The van der Waals surface area contributed by atoms with Crippen molar-refractivity contribution in [2.45, 2.75) is 46.2 Å². The molecule has 1 aromatic carbocycles. The molecule has 0 amide bonds. The van der Waals surface area contributed by atoms with E-state index in [1.807, 2.05) is 23.7 Å². The van der Waals surface area contributed by atoms with E-state index < -0.39 is 0 Å². The molecular formula is C16H21Cl2N3. The van der Waals surface area contributed by atoms with E-state index in [4.69, 9.17) is 28.9 Å². The standard InChI is InChI=1S/C16H21Cl2N3/c1-4-14(19)8-15-10(2)20-21(11(15)3)9-12-7-13(17)5-6-16(12)18/h5-7,14H,4,8-9,19H2,1-3H3. The Bertz CT molecular complexity index is 635. The Kier molecular flexibility index (Phi) is 5.31. The maximum absolute atomic E-state index is 6.23. The molecule has 1 aromatic heterocycles. The van der Waals surface area contributed by atoms with Gasteiger partial charge < -0.3 is 5.73 Å². The van der Waals surface area contributed by atoms with E-state index in [1.165, 1.54) is 5.56 Å². The highest BCUT2D eigenvalue weighted by molar-refractivity contribution is 6.33. The molecule has 5 heteroatoms. The van der Waals surface area contributed by atoms with Gasteiger partial charge in [-0.25, -0.2) is 0 Å². The van der Waals surface area contributed by atoms with Crippen molar-refractivity contribution in [1.82, 2.24) is 9.78 Å². The maximum atomic E-state index is 6.23. The average Bonchev–Trinajstić information content (AvgIpc) is 2.70. The van der Waals surface area contributed by atoms with Crippen LogP contribution >= 0.6 is 23.2 Å². The minimum atomic E-state index is 0.176. The summed E-state index contributed by atoms with van der Waals surface area (Å²) < 4.78 is 1.98. The predicted molar refractivity (Wildman–Crippen MR) is 89.2 cm³/mol. The lowest BCUT2D eigenvalue weighted by Gasteiger charge is -2.10. The summed E-state index contributed by atoms with van der Waals surface area (Å²) in [7, 11) is 0. The number of nitrogens with zero attached hydrogens (tertiary/aromatic N) is 2. The molecule has 0 saturated heterocycles. The van der Waals surface area contributed by atoms with Gasteiger partial charge in [-0.2, -0.15) is 5.10 Å². The van der Waals surface area contributed by atoms with Gasteiger partial charge in [0.25, 0.3) is 0 Å². The average molecular weight is 326 g/mol. The summed E-state index contributed by atoms with van der Waals surface area (Å²) in [5.41, 5.74) is 10.5. The number of hydrogen-bond donors (Lipinski definition) is 1. The van der Waals surface area contributed by atoms with Gasteiger partial charge in [0.15, 0.2) is 0 Å². The molecule has 0 spiro atoms. The van der Waals surface area contributed by atoms with Gasteiger partial charge in [0.05, 0.1) is 12.2 Å². The normalized spacial score (nSPS) is 12.7. The van der Waals surface area contributed by atoms with Crippen molar-refractivity contribution in [2.75, 3.05) is 0 Å². The first-order valence-electron chi connectivity index (χ1n) is 7.14. The second-order valence-electron chi connectivity index (χ2n) is 5.42. The molecule has 2 N–H and O–H groups in total. The number of aromatic nitrogens is 2. The number of nitrogens with two attached hydrogens (primary N) is 1. The second kappa shape index (κ2) is 6.82. The van der Waals surface area contributed by atoms with Gasteiger partial charge in [-0.05, 0) is 56.0 Å². The van der Waals surface area contributed by atoms with Crippen LogP contribution < -0.4 is 5.73 Å². The van der Waals surface area contributed by atoms with Crippen LogP contribution in [0.3, 0.4) is 0 Å². The summed E-state index contributed by atoms with van der Waals surface area (Å²) in [6.07, 6.45) is 1.82. The molecule has 21 heavy (non-hydrogen) atoms. The van der Waals surface area contributed by atoms with Crippen LogP contribution in [0.15, 0.2) is 18.2 Å². The number of benzene rings is 1. The highest BCUT2D eigenvalue weighted by Crippen LogP contribution is 2.23. The summed E-state index contributed by atoms with van der Waals surface area (Å²) in [6.45, 7) is 6.83. The van der Waals surface area contributed by atoms with Crippen molar-refractivity contribution in [3.8, 4) is 0 Å². The van der Waals surface area contributed by atoms with E-state index in [9.17, 15) is 0 Å². The number of hydrogen-bond acceptors (Lipinski definition) is 2. The summed E-state index contributed by atoms with van der Waals surface area (Å²) in [5, 5.41) is 6.01.